The van der Waals surface area contributed by atoms with Gasteiger partial charge in [0.15, 0.2) is 0 Å². The molecule has 0 atom stereocenters. The first-order chi connectivity index (χ1) is 14.6. The van der Waals surface area contributed by atoms with Crippen LogP contribution in [-0.2, 0) is 6.54 Å². The molecule has 0 unspecified atom stereocenters. The van der Waals surface area contributed by atoms with Crippen molar-refractivity contribution in [2.45, 2.75) is 19.9 Å². The summed E-state index contributed by atoms with van der Waals surface area (Å²) in [6.07, 6.45) is 0.874. The highest BCUT2D eigenvalue weighted by atomic mass is 16.2. The van der Waals surface area contributed by atoms with Crippen LogP contribution in [0.2, 0.25) is 0 Å². The van der Waals surface area contributed by atoms with Crippen molar-refractivity contribution in [2.75, 3.05) is 23.3 Å². The first-order valence-corrected chi connectivity index (χ1v) is 10.2. The van der Waals surface area contributed by atoms with Gasteiger partial charge in [-0.05, 0) is 48.7 Å². The number of anilines is 2. The molecule has 1 fully saturated rings. The summed E-state index contributed by atoms with van der Waals surface area (Å²) in [5.74, 6) is -0.187. The Balaban J connectivity index is 1.58. The number of amides is 3. The molecule has 0 saturated carbocycles. The van der Waals surface area contributed by atoms with Crippen molar-refractivity contribution in [1.29, 1.82) is 0 Å². The summed E-state index contributed by atoms with van der Waals surface area (Å²) in [5.41, 5.74) is 4.09. The van der Waals surface area contributed by atoms with Crippen molar-refractivity contribution in [2.24, 2.45) is 0 Å². The third-order valence-corrected chi connectivity index (χ3v) is 5.25. The molecule has 0 bridgehead atoms. The summed E-state index contributed by atoms with van der Waals surface area (Å²) in [4.78, 5) is 29.6. The second-order valence-corrected chi connectivity index (χ2v) is 7.54. The fraction of sp³-hybridized carbons (Fsp3) is 0.200. The lowest BCUT2D eigenvalue weighted by molar-refractivity contribution is 0.102. The van der Waals surface area contributed by atoms with Gasteiger partial charge in [-0.2, -0.15) is 0 Å². The number of nitrogens with one attached hydrogen (secondary N) is 1. The average Bonchev–Trinajstić information content (AvgIpc) is 2.77. The quantitative estimate of drug-likeness (QED) is 0.650. The van der Waals surface area contributed by atoms with Crippen LogP contribution < -0.4 is 10.2 Å². The molecular formula is C25H25N3O2. The number of carbonyl (C=O) groups excluding carboxylic acids is 2. The first-order valence-electron chi connectivity index (χ1n) is 10.2. The molecule has 1 aliphatic heterocycles. The van der Waals surface area contributed by atoms with Gasteiger partial charge in [0.05, 0.1) is 11.4 Å². The molecule has 0 aromatic heterocycles. The van der Waals surface area contributed by atoms with Gasteiger partial charge in [-0.3, -0.25) is 9.69 Å². The van der Waals surface area contributed by atoms with Gasteiger partial charge in [0.25, 0.3) is 5.91 Å². The van der Waals surface area contributed by atoms with E-state index >= 15 is 0 Å². The summed E-state index contributed by atoms with van der Waals surface area (Å²) >= 11 is 0. The monoisotopic (exact) mass is 399 g/mol. The molecule has 3 aromatic rings. The van der Waals surface area contributed by atoms with Gasteiger partial charge in [-0.1, -0.05) is 54.6 Å². The van der Waals surface area contributed by atoms with Crippen LogP contribution >= 0.6 is 0 Å². The highest BCUT2D eigenvalue weighted by molar-refractivity contribution is 6.07. The standard InChI is InChI=1S/C25H25N3O2/c1-19-13-14-23(22(17-19)26-24(29)21-11-6-3-7-12-21)28-16-8-15-27(25(28)30)18-20-9-4-2-5-10-20/h2-7,9-14,17H,8,15-16,18H2,1H3,(H,26,29). The minimum absolute atomic E-state index is 0.0378. The topological polar surface area (TPSA) is 52.6 Å². The zero-order chi connectivity index (χ0) is 20.9. The molecule has 30 heavy (non-hydrogen) atoms. The Kier molecular flexibility index (Phi) is 5.80. The molecule has 0 aliphatic carbocycles. The van der Waals surface area contributed by atoms with Crippen molar-refractivity contribution in [3.8, 4) is 0 Å². The Bertz CT molecular complexity index is 1030. The lowest BCUT2D eigenvalue weighted by Crippen LogP contribution is -2.49. The van der Waals surface area contributed by atoms with E-state index in [0.717, 1.165) is 29.8 Å². The van der Waals surface area contributed by atoms with Crippen molar-refractivity contribution in [3.05, 3.63) is 95.6 Å². The number of aryl methyl sites for hydroxylation is 1. The smallest absolute Gasteiger partial charge is 0.320 e. The zero-order valence-electron chi connectivity index (χ0n) is 17.0. The van der Waals surface area contributed by atoms with Crippen LogP contribution in [-0.4, -0.2) is 29.9 Å². The number of hydrogen-bond acceptors (Lipinski definition) is 2. The molecule has 1 heterocycles. The van der Waals surface area contributed by atoms with E-state index < -0.39 is 0 Å². The Morgan fingerprint density at radius 1 is 0.933 bits per heavy atom. The molecule has 1 aliphatic rings. The predicted molar refractivity (Wildman–Crippen MR) is 120 cm³/mol. The van der Waals surface area contributed by atoms with E-state index in [2.05, 4.69) is 5.32 Å². The summed E-state index contributed by atoms with van der Waals surface area (Å²) < 4.78 is 0. The van der Waals surface area contributed by atoms with E-state index in [9.17, 15) is 9.59 Å². The van der Waals surface area contributed by atoms with Gasteiger partial charge in [-0.15, -0.1) is 0 Å². The molecule has 0 spiro atoms. The van der Waals surface area contributed by atoms with Crippen LogP contribution in [0.15, 0.2) is 78.9 Å². The summed E-state index contributed by atoms with van der Waals surface area (Å²) in [7, 11) is 0. The first kappa shape index (κ1) is 19.7. The lowest BCUT2D eigenvalue weighted by atomic mass is 10.1. The maximum absolute atomic E-state index is 13.3. The SMILES string of the molecule is Cc1ccc(N2CCCN(Cc3ccccc3)C2=O)c(NC(=O)c2ccccc2)c1. The zero-order valence-corrected chi connectivity index (χ0v) is 17.0. The second-order valence-electron chi connectivity index (χ2n) is 7.54. The molecule has 4 rings (SSSR count). The predicted octanol–water partition coefficient (Wildman–Crippen LogP) is 5.08. The van der Waals surface area contributed by atoms with E-state index in [-0.39, 0.29) is 11.9 Å². The van der Waals surface area contributed by atoms with Gasteiger partial charge in [-0.25, -0.2) is 4.79 Å². The second kappa shape index (κ2) is 8.82. The van der Waals surface area contributed by atoms with Gasteiger partial charge in [0.1, 0.15) is 0 Å². The van der Waals surface area contributed by atoms with Crippen LogP contribution in [0.25, 0.3) is 0 Å². The maximum Gasteiger partial charge on any atom is 0.324 e. The van der Waals surface area contributed by atoms with E-state index in [1.807, 2.05) is 78.6 Å². The number of nitrogens with zero attached hydrogens (tertiary/aromatic N) is 2. The highest BCUT2D eigenvalue weighted by Crippen LogP contribution is 2.30. The van der Waals surface area contributed by atoms with Crippen LogP contribution in [0.4, 0.5) is 16.2 Å². The van der Waals surface area contributed by atoms with Crippen molar-refractivity contribution < 1.29 is 9.59 Å². The van der Waals surface area contributed by atoms with Gasteiger partial charge < -0.3 is 10.2 Å². The van der Waals surface area contributed by atoms with Gasteiger partial charge in [0.2, 0.25) is 0 Å². The molecule has 0 radical (unpaired) electrons. The van der Waals surface area contributed by atoms with Crippen LogP contribution in [0, 0.1) is 6.92 Å². The summed E-state index contributed by atoms with van der Waals surface area (Å²) in [6, 6.07) is 24.9. The number of rotatable bonds is 5. The number of urea groups is 1. The van der Waals surface area contributed by atoms with Crippen LogP contribution in [0.5, 0.6) is 0 Å². The molecule has 1 saturated heterocycles. The normalized spacial score (nSPS) is 14.0. The summed E-state index contributed by atoms with van der Waals surface area (Å²) in [6.45, 7) is 3.90. The third kappa shape index (κ3) is 4.35. The molecule has 152 valence electrons. The fourth-order valence-electron chi connectivity index (χ4n) is 3.73. The minimum Gasteiger partial charge on any atom is -0.320 e. The number of carbonyl (C=O) groups is 2. The van der Waals surface area contributed by atoms with Crippen molar-refractivity contribution >= 4 is 23.3 Å². The van der Waals surface area contributed by atoms with E-state index in [0.29, 0.717) is 24.3 Å². The molecule has 5 nitrogen and oxygen atoms in total. The number of benzene rings is 3. The van der Waals surface area contributed by atoms with E-state index in [1.165, 1.54) is 0 Å². The average molecular weight is 399 g/mol. The number of hydrogen-bond donors (Lipinski definition) is 1. The Hall–Kier alpha value is -3.60. The molecule has 3 amide bonds. The van der Waals surface area contributed by atoms with Crippen molar-refractivity contribution in [1.82, 2.24) is 4.90 Å². The van der Waals surface area contributed by atoms with Gasteiger partial charge in [0, 0.05) is 25.2 Å². The van der Waals surface area contributed by atoms with Crippen molar-refractivity contribution in [3.63, 3.8) is 0 Å². The fourth-order valence-corrected chi connectivity index (χ4v) is 3.73. The largest absolute Gasteiger partial charge is 0.324 e. The van der Waals surface area contributed by atoms with Gasteiger partial charge >= 0.3 is 6.03 Å². The molecule has 5 heteroatoms. The lowest BCUT2D eigenvalue weighted by Gasteiger charge is -2.36. The maximum atomic E-state index is 13.3. The Morgan fingerprint density at radius 2 is 1.63 bits per heavy atom. The molecular weight excluding hydrogens is 374 g/mol. The Morgan fingerprint density at radius 3 is 2.37 bits per heavy atom. The van der Waals surface area contributed by atoms with E-state index in [1.54, 1.807) is 17.0 Å². The van der Waals surface area contributed by atoms with E-state index in [4.69, 9.17) is 0 Å². The summed E-state index contributed by atoms with van der Waals surface area (Å²) in [5, 5.41) is 3.00. The van der Waals surface area contributed by atoms with Crippen LogP contribution in [0.3, 0.4) is 0 Å². The Labute approximate surface area is 176 Å². The van der Waals surface area contributed by atoms with Crippen LogP contribution in [0.1, 0.15) is 27.9 Å². The highest BCUT2D eigenvalue weighted by Gasteiger charge is 2.28. The third-order valence-electron chi connectivity index (χ3n) is 5.25. The molecule has 1 N–H and O–H groups in total. The molecule has 3 aromatic carbocycles. The minimum atomic E-state index is -0.187.